The summed E-state index contributed by atoms with van der Waals surface area (Å²) in [5, 5.41) is 14.7. The van der Waals surface area contributed by atoms with Crippen LogP contribution >= 0.6 is 24.0 Å². The van der Waals surface area contributed by atoms with Gasteiger partial charge in [-0.2, -0.15) is 0 Å². The molecule has 0 aliphatic carbocycles. The molecule has 0 spiro atoms. The first kappa shape index (κ1) is 21.1. The van der Waals surface area contributed by atoms with Crippen molar-refractivity contribution in [2.24, 2.45) is 4.99 Å². The Kier molecular flexibility index (Phi) is 9.83. The van der Waals surface area contributed by atoms with E-state index in [0.29, 0.717) is 13.1 Å². The van der Waals surface area contributed by atoms with Crippen LogP contribution in [0.15, 0.2) is 54.3 Å². The average Bonchev–Trinajstić information content (AvgIpc) is 3.07. The predicted octanol–water partition coefficient (Wildman–Crippen LogP) is 2.94. The molecule has 0 aliphatic heterocycles. The van der Waals surface area contributed by atoms with Gasteiger partial charge in [0.05, 0.1) is 12.6 Å². The highest BCUT2D eigenvalue weighted by Crippen LogP contribution is 2.10. The van der Waals surface area contributed by atoms with E-state index in [2.05, 4.69) is 58.4 Å². The van der Waals surface area contributed by atoms with E-state index in [1.54, 1.807) is 6.33 Å². The van der Waals surface area contributed by atoms with Crippen LogP contribution in [0, 0.1) is 0 Å². The summed E-state index contributed by atoms with van der Waals surface area (Å²) < 4.78 is 2.04. The Morgan fingerprint density at radius 3 is 2.80 bits per heavy atom. The van der Waals surface area contributed by atoms with Crippen LogP contribution in [0.4, 0.5) is 0 Å². The maximum Gasteiger partial charge on any atom is 0.192 e. The molecule has 1 heterocycles. The summed E-state index contributed by atoms with van der Waals surface area (Å²) in [6.45, 7) is 10.0. The zero-order valence-electron chi connectivity index (χ0n) is 14.9. The van der Waals surface area contributed by atoms with Gasteiger partial charge in [-0.25, -0.2) is 0 Å². The van der Waals surface area contributed by atoms with Crippen molar-refractivity contribution < 1.29 is 0 Å². The number of nitrogens with zero attached hydrogens (tertiary/aromatic N) is 4. The third kappa shape index (κ3) is 6.85. The Labute approximate surface area is 166 Å². The number of halogens is 1. The molecule has 136 valence electrons. The van der Waals surface area contributed by atoms with Crippen molar-refractivity contribution in [1.82, 2.24) is 25.4 Å². The number of nitrogens with one attached hydrogen (secondary N) is 2. The number of rotatable bonds is 8. The van der Waals surface area contributed by atoms with Crippen LogP contribution in [0.3, 0.4) is 0 Å². The van der Waals surface area contributed by atoms with Gasteiger partial charge in [0, 0.05) is 19.5 Å². The molecule has 0 fully saturated rings. The fourth-order valence-corrected chi connectivity index (χ4v) is 2.36. The molecule has 1 atom stereocenters. The highest BCUT2D eigenvalue weighted by Gasteiger charge is 2.07. The third-order valence-corrected chi connectivity index (χ3v) is 3.69. The minimum Gasteiger partial charge on any atom is -0.353 e. The second kappa shape index (κ2) is 11.6. The van der Waals surface area contributed by atoms with Gasteiger partial charge in [0.25, 0.3) is 0 Å². The van der Waals surface area contributed by atoms with E-state index in [4.69, 9.17) is 0 Å². The molecule has 1 unspecified atom stereocenters. The van der Waals surface area contributed by atoms with Crippen LogP contribution < -0.4 is 10.6 Å². The summed E-state index contributed by atoms with van der Waals surface area (Å²) in [6, 6.07) is 10.5. The minimum atomic E-state index is 0. The lowest BCUT2D eigenvalue weighted by Crippen LogP contribution is -2.39. The number of hydrogen-bond acceptors (Lipinski definition) is 3. The highest BCUT2D eigenvalue weighted by atomic mass is 127. The Bertz CT molecular complexity index is 653. The van der Waals surface area contributed by atoms with E-state index in [-0.39, 0.29) is 30.0 Å². The molecule has 2 aromatic rings. The Morgan fingerprint density at radius 1 is 1.36 bits per heavy atom. The maximum absolute atomic E-state index is 4.65. The molecular weight excluding hydrogens is 427 g/mol. The highest BCUT2D eigenvalue weighted by molar-refractivity contribution is 14.0. The summed E-state index contributed by atoms with van der Waals surface area (Å²) in [4.78, 5) is 4.65. The van der Waals surface area contributed by atoms with E-state index in [1.807, 2.05) is 28.8 Å². The van der Waals surface area contributed by atoms with Gasteiger partial charge in [0.15, 0.2) is 5.96 Å². The van der Waals surface area contributed by atoms with Gasteiger partial charge >= 0.3 is 0 Å². The zero-order valence-corrected chi connectivity index (χ0v) is 17.2. The van der Waals surface area contributed by atoms with Crippen LogP contribution in [0.25, 0.3) is 0 Å². The normalized spacial score (nSPS) is 12.2. The van der Waals surface area contributed by atoms with Gasteiger partial charge in [-0.3, -0.25) is 4.99 Å². The van der Waals surface area contributed by atoms with E-state index in [9.17, 15) is 0 Å². The minimum absolute atomic E-state index is 0. The fraction of sp³-hybridized carbons (Fsp3) is 0.389. The van der Waals surface area contributed by atoms with Gasteiger partial charge in [-0.15, -0.1) is 40.8 Å². The van der Waals surface area contributed by atoms with E-state index in [1.165, 1.54) is 5.56 Å². The first-order valence-electron chi connectivity index (χ1n) is 8.32. The van der Waals surface area contributed by atoms with Crippen LogP contribution in [-0.2, 0) is 13.0 Å². The molecule has 6 nitrogen and oxygen atoms in total. The van der Waals surface area contributed by atoms with E-state index < -0.39 is 0 Å². The molecule has 25 heavy (non-hydrogen) atoms. The van der Waals surface area contributed by atoms with Crippen LogP contribution in [0.2, 0.25) is 0 Å². The van der Waals surface area contributed by atoms with Gasteiger partial charge in [-0.05, 0) is 12.5 Å². The number of aromatic nitrogens is 3. The number of guanidine groups is 1. The second-order valence-corrected chi connectivity index (χ2v) is 5.47. The molecule has 1 aromatic heterocycles. The van der Waals surface area contributed by atoms with Crippen molar-refractivity contribution in [2.45, 2.75) is 32.9 Å². The Morgan fingerprint density at radius 2 is 2.12 bits per heavy atom. The van der Waals surface area contributed by atoms with Crippen LogP contribution in [0.1, 0.15) is 31.3 Å². The number of aliphatic imine (C=N–C) groups is 1. The molecule has 2 N–H and O–H groups in total. The van der Waals surface area contributed by atoms with E-state index in [0.717, 1.165) is 24.7 Å². The lowest BCUT2D eigenvalue weighted by Gasteiger charge is -2.18. The third-order valence-electron chi connectivity index (χ3n) is 3.69. The number of aryl methyl sites for hydroxylation is 1. The molecule has 0 bridgehead atoms. The largest absolute Gasteiger partial charge is 0.353 e. The molecule has 0 aliphatic rings. The number of hydrogen-bond donors (Lipinski definition) is 2. The second-order valence-electron chi connectivity index (χ2n) is 5.47. The van der Waals surface area contributed by atoms with Gasteiger partial charge in [0.2, 0.25) is 0 Å². The zero-order chi connectivity index (χ0) is 17.2. The Hall–Kier alpha value is -1.90. The molecule has 0 saturated carbocycles. The summed E-state index contributed by atoms with van der Waals surface area (Å²) in [5.74, 6) is 1.76. The van der Waals surface area contributed by atoms with Crippen LogP contribution in [0.5, 0.6) is 0 Å². The first-order valence-corrected chi connectivity index (χ1v) is 8.32. The average molecular weight is 454 g/mol. The molecule has 1 aromatic carbocycles. The standard InChI is InChI=1S/C18H26N6.HI/c1-4-11-19-18(22-15(3)16-9-7-6-8-10-16)20-12-13-24-14-21-23-17(24)5-2;/h4,6-10,14-15H,1,5,11-13H2,2-3H3,(H2,19,20,22);1H. The van der Waals surface area contributed by atoms with Gasteiger partial charge < -0.3 is 15.2 Å². The molecule has 0 saturated heterocycles. The number of benzene rings is 1. The summed E-state index contributed by atoms with van der Waals surface area (Å²) in [7, 11) is 0. The SMILES string of the molecule is C=CCNC(=NCCn1cnnc1CC)NC(C)c1ccccc1.I. The van der Waals surface area contributed by atoms with Crippen molar-refractivity contribution in [3.63, 3.8) is 0 Å². The topological polar surface area (TPSA) is 67.1 Å². The Balaban J connectivity index is 0.00000312. The first-order chi connectivity index (χ1) is 11.7. The van der Waals surface area contributed by atoms with Crippen molar-refractivity contribution in [3.05, 3.63) is 60.7 Å². The van der Waals surface area contributed by atoms with Gasteiger partial charge in [0.1, 0.15) is 12.2 Å². The molecule has 2 rings (SSSR count). The van der Waals surface area contributed by atoms with E-state index >= 15 is 0 Å². The fourth-order valence-electron chi connectivity index (χ4n) is 2.36. The lowest BCUT2D eigenvalue weighted by atomic mass is 10.1. The molecular formula is C18H27IN6. The molecule has 0 amide bonds. The molecule has 0 radical (unpaired) electrons. The monoisotopic (exact) mass is 454 g/mol. The lowest BCUT2D eigenvalue weighted by molar-refractivity contribution is 0.651. The van der Waals surface area contributed by atoms with Gasteiger partial charge in [-0.1, -0.05) is 43.3 Å². The summed E-state index contributed by atoms with van der Waals surface area (Å²) in [6.07, 6.45) is 4.44. The van der Waals surface area contributed by atoms with Crippen molar-refractivity contribution in [1.29, 1.82) is 0 Å². The summed E-state index contributed by atoms with van der Waals surface area (Å²) >= 11 is 0. The summed E-state index contributed by atoms with van der Waals surface area (Å²) in [5.41, 5.74) is 1.22. The quantitative estimate of drug-likeness (QED) is 0.279. The van der Waals surface area contributed by atoms with Crippen LogP contribution in [-0.4, -0.2) is 33.8 Å². The molecule has 7 heteroatoms. The smallest absolute Gasteiger partial charge is 0.192 e. The van der Waals surface area contributed by atoms with Crippen molar-refractivity contribution in [3.8, 4) is 0 Å². The maximum atomic E-state index is 4.65. The van der Waals surface area contributed by atoms with Crippen molar-refractivity contribution in [2.75, 3.05) is 13.1 Å². The predicted molar refractivity (Wildman–Crippen MR) is 113 cm³/mol. The van der Waals surface area contributed by atoms with Crippen molar-refractivity contribution >= 4 is 29.9 Å².